The third kappa shape index (κ3) is 3.33. The Morgan fingerprint density at radius 1 is 1.16 bits per heavy atom. The van der Waals surface area contributed by atoms with Crippen molar-refractivity contribution >= 4 is 31.5 Å². The predicted molar refractivity (Wildman–Crippen MR) is 75.8 cm³/mol. The summed E-state index contributed by atoms with van der Waals surface area (Å²) in [6, 6.07) is 9.87. The Kier molecular flexibility index (Phi) is 3.91. The van der Waals surface area contributed by atoms with Crippen LogP contribution in [0.4, 0.5) is 10.1 Å². The predicted octanol–water partition coefficient (Wildman–Crippen LogP) is 3.14. The van der Waals surface area contributed by atoms with E-state index in [-0.39, 0.29) is 10.6 Å². The molecule has 0 aromatic heterocycles. The van der Waals surface area contributed by atoms with Gasteiger partial charge in [0.25, 0.3) is 0 Å². The summed E-state index contributed by atoms with van der Waals surface area (Å²) < 4.78 is 38.0. The average molecular weight is 344 g/mol. The van der Waals surface area contributed by atoms with Crippen LogP contribution in [0, 0.1) is 5.82 Å². The Hall–Kier alpha value is -1.40. The highest BCUT2D eigenvalue weighted by atomic mass is 79.9. The van der Waals surface area contributed by atoms with Gasteiger partial charge in [-0.15, -0.1) is 0 Å². The zero-order valence-electron chi connectivity index (χ0n) is 9.81. The van der Waals surface area contributed by atoms with Crippen LogP contribution in [0.1, 0.15) is 5.56 Å². The Balaban J connectivity index is 2.36. The molecule has 19 heavy (non-hydrogen) atoms. The second-order valence-corrected chi connectivity index (χ2v) is 6.91. The molecule has 0 atom stereocenters. The summed E-state index contributed by atoms with van der Waals surface area (Å²) in [4.78, 5) is -0.0313. The Morgan fingerprint density at radius 3 is 2.53 bits per heavy atom. The Morgan fingerprint density at radius 2 is 1.89 bits per heavy atom. The molecule has 6 heteroatoms. The first kappa shape index (κ1) is 14.0. The highest BCUT2D eigenvalue weighted by Gasteiger charge is 2.17. The van der Waals surface area contributed by atoms with Crippen LogP contribution in [-0.4, -0.2) is 8.42 Å². The largest absolute Gasteiger partial charge is 0.399 e. The van der Waals surface area contributed by atoms with Gasteiger partial charge in [0, 0.05) is 10.2 Å². The smallest absolute Gasteiger partial charge is 0.182 e. The molecule has 0 spiro atoms. The van der Waals surface area contributed by atoms with Gasteiger partial charge >= 0.3 is 0 Å². The lowest BCUT2D eigenvalue weighted by Crippen LogP contribution is -2.06. The number of nitrogens with two attached hydrogens (primary N) is 1. The molecule has 0 bridgehead atoms. The molecule has 0 aliphatic carbocycles. The van der Waals surface area contributed by atoms with Gasteiger partial charge in [-0.1, -0.05) is 28.1 Å². The van der Waals surface area contributed by atoms with Crippen molar-refractivity contribution in [3.05, 3.63) is 58.3 Å². The van der Waals surface area contributed by atoms with Crippen LogP contribution >= 0.6 is 15.9 Å². The maximum Gasteiger partial charge on any atom is 0.182 e. The van der Waals surface area contributed by atoms with Crippen molar-refractivity contribution < 1.29 is 12.8 Å². The number of sulfone groups is 1. The Labute approximate surface area is 119 Å². The first-order valence-corrected chi connectivity index (χ1v) is 7.85. The van der Waals surface area contributed by atoms with Crippen LogP contribution < -0.4 is 5.73 Å². The number of halogens is 2. The fourth-order valence-corrected chi connectivity index (χ4v) is 3.76. The number of anilines is 1. The molecule has 100 valence electrons. The molecule has 0 saturated heterocycles. The van der Waals surface area contributed by atoms with E-state index in [1.165, 1.54) is 18.2 Å². The van der Waals surface area contributed by atoms with Gasteiger partial charge in [0.05, 0.1) is 10.6 Å². The maximum atomic E-state index is 13.1. The summed E-state index contributed by atoms with van der Waals surface area (Å²) in [5.41, 5.74) is 6.72. The van der Waals surface area contributed by atoms with E-state index in [0.29, 0.717) is 15.7 Å². The molecule has 0 radical (unpaired) electrons. The van der Waals surface area contributed by atoms with Crippen molar-refractivity contribution in [1.82, 2.24) is 0 Å². The third-order valence-electron chi connectivity index (χ3n) is 2.58. The monoisotopic (exact) mass is 343 g/mol. The molecule has 0 heterocycles. The summed E-state index contributed by atoms with van der Waals surface area (Å²) in [6.45, 7) is 0. The van der Waals surface area contributed by atoms with Gasteiger partial charge in [-0.05, 0) is 35.9 Å². The second kappa shape index (κ2) is 5.30. The first-order chi connectivity index (χ1) is 8.88. The molecular weight excluding hydrogens is 333 g/mol. The summed E-state index contributed by atoms with van der Waals surface area (Å²) in [7, 11) is -3.58. The molecule has 0 unspecified atom stereocenters. The van der Waals surface area contributed by atoms with Gasteiger partial charge in [-0.3, -0.25) is 0 Å². The summed E-state index contributed by atoms with van der Waals surface area (Å²) in [5.74, 6) is -0.783. The lowest BCUT2D eigenvalue weighted by molar-refractivity contribution is 0.590. The Bertz CT molecular complexity index is 716. The van der Waals surface area contributed by atoms with E-state index in [4.69, 9.17) is 5.73 Å². The van der Waals surface area contributed by atoms with E-state index in [2.05, 4.69) is 15.9 Å². The van der Waals surface area contributed by atoms with Crippen molar-refractivity contribution in [3.63, 3.8) is 0 Å². The van der Waals surface area contributed by atoms with Crippen molar-refractivity contribution in [1.29, 1.82) is 0 Å². The number of nitrogen functional groups attached to an aromatic ring is 1. The third-order valence-corrected chi connectivity index (χ3v) is 4.98. The average Bonchev–Trinajstić information content (AvgIpc) is 2.33. The minimum absolute atomic E-state index is 0.0313. The van der Waals surface area contributed by atoms with Crippen LogP contribution in [-0.2, 0) is 15.6 Å². The summed E-state index contributed by atoms with van der Waals surface area (Å²) in [5, 5.41) is 0. The van der Waals surface area contributed by atoms with Gasteiger partial charge in [0.2, 0.25) is 0 Å². The minimum Gasteiger partial charge on any atom is -0.399 e. The van der Waals surface area contributed by atoms with Crippen LogP contribution in [0.25, 0.3) is 0 Å². The van der Waals surface area contributed by atoms with E-state index >= 15 is 0 Å². The zero-order chi connectivity index (χ0) is 14.0. The summed E-state index contributed by atoms with van der Waals surface area (Å²) in [6.07, 6.45) is 0. The SMILES string of the molecule is Nc1ccc(CS(=O)(=O)c2cccc(F)c2)c(Br)c1. The lowest BCUT2D eigenvalue weighted by atomic mass is 10.2. The number of rotatable bonds is 3. The molecule has 0 aliphatic rings. The van der Waals surface area contributed by atoms with E-state index in [1.54, 1.807) is 18.2 Å². The minimum atomic E-state index is -3.58. The normalized spacial score (nSPS) is 11.5. The maximum absolute atomic E-state index is 13.1. The van der Waals surface area contributed by atoms with Crippen molar-refractivity contribution in [2.75, 3.05) is 5.73 Å². The van der Waals surface area contributed by atoms with Crippen molar-refractivity contribution in [2.45, 2.75) is 10.6 Å². The van der Waals surface area contributed by atoms with E-state index in [9.17, 15) is 12.8 Å². The highest BCUT2D eigenvalue weighted by Crippen LogP contribution is 2.24. The molecule has 3 nitrogen and oxygen atoms in total. The van der Waals surface area contributed by atoms with Gasteiger partial charge < -0.3 is 5.73 Å². The molecule has 0 aliphatic heterocycles. The standard InChI is InChI=1S/C13H11BrFNO2S/c14-13-7-11(16)5-4-9(13)8-19(17,18)12-3-1-2-10(15)6-12/h1-7H,8,16H2. The molecular formula is C13H11BrFNO2S. The van der Waals surface area contributed by atoms with E-state index < -0.39 is 15.7 Å². The topological polar surface area (TPSA) is 60.2 Å². The number of hydrogen-bond donors (Lipinski definition) is 1. The quantitative estimate of drug-likeness (QED) is 0.871. The fourth-order valence-electron chi connectivity index (χ4n) is 1.63. The van der Waals surface area contributed by atoms with Gasteiger partial charge in [-0.25, -0.2) is 12.8 Å². The molecule has 0 fully saturated rings. The van der Waals surface area contributed by atoms with Gasteiger partial charge in [0.15, 0.2) is 9.84 Å². The van der Waals surface area contributed by atoms with Crippen molar-refractivity contribution in [3.8, 4) is 0 Å². The van der Waals surface area contributed by atoms with Gasteiger partial charge in [0.1, 0.15) is 5.82 Å². The summed E-state index contributed by atoms with van der Waals surface area (Å²) >= 11 is 3.27. The first-order valence-electron chi connectivity index (χ1n) is 5.41. The zero-order valence-corrected chi connectivity index (χ0v) is 12.2. The van der Waals surface area contributed by atoms with E-state index in [1.807, 2.05) is 0 Å². The van der Waals surface area contributed by atoms with Crippen molar-refractivity contribution in [2.24, 2.45) is 0 Å². The van der Waals surface area contributed by atoms with Crippen LogP contribution in [0.15, 0.2) is 51.8 Å². The van der Waals surface area contributed by atoms with Crippen LogP contribution in [0.5, 0.6) is 0 Å². The molecule has 2 aromatic carbocycles. The van der Waals surface area contributed by atoms with E-state index in [0.717, 1.165) is 6.07 Å². The van der Waals surface area contributed by atoms with Crippen LogP contribution in [0.3, 0.4) is 0 Å². The molecule has 2 aromatic rings. The lowest BCUT2D eigenvalue weighted by Gasteiger charge is -2.07. The molecule has 2 N–H and O–H groups in total. The molecule has 0 amide bonds. The molecule has 0 saturated carbocycles. The van der Waals surface area contributed by atoms with Crippen LogP contribution in [0.2, 0.25) is 0 Å². The number of hydrogen-bond acceptors (Lipinski definition) is 3. The van der Waals surface area contributed by atoms with Gasteiger partial charge in [-0.2, -0.15) is 0 Å². The molecule has 2 rings (SSSR count). The second-order valence-electron chi connectivity index (χ2n) is 4.07. The fraction of sp³-hybridized carbons (Fsp3) is 0.0769. The highest BCUT2D eigenvalue weighted by molar-refractivity contribution is 9.10. The number of benzene rings is 2.